The molecule has 110 valence electrons. The molecule has 1 unspecified atom stereocenters. The molecule has 0 aromatic heterocycles. The number of amides is 1. The molecule has 1 aliphatic rings. The number of benzene rings is 1. The van der Waals surface area contributed by atoms with Crippen LogP contribution in [0.5, 0.6) is 0 Å². The Morgan fingerprint density at radius 3 is 2.65 bits per heavy atom. The molecule has 1 aliphatic heterocycles. The van der Waals surface area contributed by atoms with Crippen molar-refractivity contribution >= 4 is 15.9 Å². The molecular weight excluding hydrogens is 276 g/mol. The van der Waals surface area contributed by atoms with E-state index >= 15 is 0 Å². The van der Waals surface area contributed by atoms with Crippen LogP contribution in [0.1, 0.15) is 30.6 Å². The molecule has 5 nitrogen and oxygen atoms in total. The van der Waals surface area contributed by atoms with Gasteiger partial charge in [0.25, 0.3) is 5.91 Å². The quantitative estimate of drug-likeness (QED) is 0.916. The summed E-state index contributed by atoms with van der Waals surface area (Å²) in [6.45, 7) is 5.76. The molecule has 0 radical (unpaired) electrons. The molecule has 20 heavy (non-hydrogen) atoms. The number of rotatable bonds is 3. The SMILES string of the molecule is CC(C)C1CCN(C(=O)c2cccc(S(N)(=O)=O)c2)C1. The lowest BCUT2D eigenvalue weighted by atomic mass is 9.95. The van der Waals surface area contributed by atoms with Gasteiger partial charge in [-0.3, -0.25) is 4.79 Å². The van der Waals surface area contributed by atoms with E-state index in [2.05, 4.69) is 13.8 Å². The zero-order chi connectivity index (χ0) is 14.9. The first-order chi connectivity index (χ1) is 9.29. The fourth-order valence-electron chi connectivity index (χ4n) is 2.50. The van der Waals surface area contributed by atoms with Crippen LogP contribution in [0.25, 0.3) is 0 Å². The Morgan fingerprint density at radius 2 is 2.10 bits per heavy atom. The number of nitrogens with zero attached hydrogens (tertiary/aromatic N) is 1. The number of hydrogen-bond donors (Lipinski definition) is 1. The number of likely N-dealkylation sites (tertiary alicyclic amines) is 1. The van der Waals surface area contributed by atoms with E-state index in [0.717, 1.165) is 19.5 Å². The van der Waals surface area contributed by atoms with Crippen molar-refractivity contribution in [1.82, 2.24) is 4.90 Å². The Hall–Kier alpha value is -1.40. The minimum atomic E-state index is -3.78. The highest BCUT2D eigenvalue weighted by Crippen LogP contribution is 2.25. The molecule has 1 aromatic rings. The molecule has 1 heterocycles. The van der Waals surface area contributed by atoms with Crippen LogP contribution in [0, 0.1) is 11.8 Å². The lowest BCUT2D eigenvalue weighted by Crippen LogP contribution is -2.29. The maximum atomic E-state index is 12.4. The number of carbonyl (C=O) groups excluding carboxylic acids is 1. The molecule has 2 rings (SSSR count). The largest absolute Gasteiger partial charge is 0.338 e. The Balaban J connectivity index is 2.19. The summed E-state index contributed by atoms with van der Waals surface area (Å²) >= 11 is 0. The van der Waals surface area contributed by atoms with E-state index in [4.69, 9.17) is 5.14 Å². The number of primary sulfonamides is 1. The van der Waals surface area contributed by atoms with Crippen molar-refractivity contribution in [3.63, 3.8) is 0 Å². The van der Waals surface area contributed by atoms with E-state index in [1.165, 1.54) is 12.1 Å². The van der Waals surface area contributed by atoms with Gasteiger partial charge in [0.2, 0.25) is 10.0 Å². The third kappa shape index (κ3) is 3.19. The van der Waals surface area contributed by atoms with Crippen molar-refractivity contribution in [2.75, 3.05) is 13.1 Å². The molecule has 0 aliphatic carbocycles. The summed E-state index contributed by atoms with van der Waals surface area (Å²) in [5.74, 6) is 0.933. The molecular formula is C14H20N2O3S. The van der Waals surface area contributed by atoms with Gasteiger partial charge in [-0.25, -0.2) is 13.6 Å². The second-order valence-corrected chi connectivity index (χ2v) is 7.18. The maximum Gasteiger partial charge on any atom is 0.253 e. The van der Waals surface area contributed by atoms with Gasteiger partial charge in [0.1, 0.15) is 0 Å². The van der Waals surface area contributed by atoms with Crippen molar-refractivity contribution in [2.24, 2.45) is 17.0 Å². The molecule has 2 N–H and O–H groups in total. The van der Waals surface area contributed by atoms with Gasteiger partial charge in [0, 0.05) is 18.7 Å². The van der Waals surface area contributed by atoms with Crippen molar-refractivity contribution in [1.29, 1.82) is 0 Å². The number of hydrogen-bond acceptors (Lipinski definition) is 3. The van der Waals surface area contributed by atoms with Crippen molar-refractivity contribution < 1.29 is 13.2 Å². The predicted octanol–water partition coefficient (Wildman–Crippen LogP) is 1.45. The first kappa shape index (κ1) is 15.0. The standard InChI is InChI=1S/C14H20N2O3S/c1-10(2)12-6-7-16(9-12)14(17)11-4-3-5-13(8-11)20(15,18)19/h3-5,8,10,12H,6-7,9H2,1-2H3,(H2,15,18,19). The minimum Gasteiger partial charge on any atom is -0.338 e. The smallest absolute Gasteiger partial charge is 0.253 e. The molecule has 0 bridgehead atoms. The monoisotopic (exact) mass is 296 g/mol. The van der Waals surface area contributed by atoms with Gasteiger partial charge in [0.15, 0.2) is 0 Å². The van der Waals surface area contributed by atoms with E-state index < -0.39 is 10.0 Å². The van der Waals surface area contributed by atoms with Crippen LogP contribution in [-0.4, -0.2) is 32.3 Å². The third-order valence-electron chi connectivity index (χ3n) is 3.86. The van der Waals surface area contributed by atoms with Gasteiger partial charge in [-0.1, -0.05) is 19.9 Å². The normalized spacial score (nSPS) is 19.6. The van der Waals surface area contributed by atoms with Gasteiger partial charge in [0.05, 0.1) is 4.90 Å². The van der Waals surface area contributed by atoms with Crippen molar-refractivity contribution in [3.8, 4) is 0 Å². The Morgan fingerprint density at radius 1 is 1.40 bits per heavy atom. The van der Waals surface area contributed by atoms with E-state index in [-0.39, 0.29) is 10.8 Å². The Kier molecular flexibility index (Phi) is 4.15. The molecule has 1 amide bonds. The predicted molar refractivity (Wildman–Crippen MR) is 76.7 cm³/mol. The summed E-state index contributed by atoms with van der Waals surface area (Å²) in [6, 6.07) is 5.91. The average Bonchev–Trinajstić information content (AvgIpc) is 2.87. The molecule has 1 saturated heterocycles. The molecule has 1 fully saturated rings. The van der Waals surface area contributed by atoms with Gasteiger partial charge in [-0.2, -0.15) is 0 Å². The van der Waals surface area contributed by atoms with Crippen LogP contribution in [0.4, 0.5) is 0 Å². The highest BCUT2D eigenvalue weighted by molar-refractivity contribution is 7.89. The average molecular weight is 296 g/mol. The molecule has 1 atom stereocenters. The van der Waals surface area contributed by atoms with Crippen LogP contribution in [0.2, 0.25) is 0 Å². The lowest BCUT2D eigenvalue weighted by Gasteiger charge is -2.18. The van der Waals surface area contributed by atoms with Crippen molar-refractivity contribution in [2.45, 2.75) is 25.2 Å². The first-order valence-corrected chi connectivity index (χ1v) is 8.26. The van der Waals surface area contributed by atoms with Crippen LogP contribution >= 0.6 is 0 Å². The summed E-state index contributed by atoms with van der Waals surface area (Å²) in [6.07, 6.45) is 0.998. The van der Waals surface area contributed by atoms with Gasteiger partial charge >= 0.3 is 0 Å². The summed E-state index contributed by atoms with van der Waals surface area (Å²) < 4.78 is 22.6. The summed E-state index contributed by atoms with van der Waals surface area (Å²) in [5, 5.41) is 5.09. The van der Waals surface area contributed by atoms with E-state index in [9.17, 15) is 13.2 Å². The Bertz CT molecular complexity index is 611. The zero-order valence-corrected chi connectivity index (χ0v) is 12.6. The second kappa shape index (κ2) is 5.54. The third-order valence-corrected chi connectivity index (χ3v) is 4.78. The van der Waals surface area contributed by atoms with Gasteiger partial charge in [-0.05, 0) is 36.5 Å². The van der Waals surface area contributed by atoms with E-state index in [0.29, 0.717) is 17.4 Å². The molecule has 0 saturated carbocycles. The van der Waals surface area contributed by atoms with Gasteiger partial charge in [-0.15, -0.1) is 0 Å². The minimum absolute atomic E-state index is 0.0250. The van der Waals surface area contributed by atoms with Crippen LogP contribution < -0.4 is 5.14 Å². The van der Waals surface area contributed by atoms with Crippen molar-refractivity contribution in [3.05, 3.63) is 29.8 Å². The van der Waals surface area contributed by atoms with E-state index in [1.54, 1.807) is 17.0 Å². The first-order valence-electron chi connectivity index (χ1n) is 6.71. The number of carbonyl (C=O) groups is 1. The maximum absolute atomic E-state index is 12.4. The highest BCUT2D eigenvalue weighted by Gasteiger charge is 2.28. The fourth-order valence-corrected chi connectivity index (χ4v) is 3.06. The molecule has 6 heteroatoms. The second-order valence-electron chi connectivity index (χ2n) is 5.62. The lowest BCUT2D eigenvalue weighted by molar-refractivity contribution is 0.0784. The Labute approximate surface area is 119 Å². The topological polar surface area (TPSA) is 80.5 Å². The molecule has 1 aromatic carbocycles. The van der Waals surface area contributed by atoms with Crippen LogP contribution in [0.15, 0.2) is 29.2 Å². The highest BCUT2D eigenvalue weighted by atomic mass is 32.2. The summed E-state index contributed by atoms with van der Waals surface area (Å²) in [5.41, 5.74) is 0.376. The van der Waals surface area contributed by atoms with Gasteiger partial charge < -0.3 is 4.90 Å². The number of nitrogens with two attached hydrogens (primary N) is 1. The van der Waals surface area contributed by atoms with Crippen LogP contribution in [0.3, 0.4) is 0 Å². The zero-order valence-electron chi connectivity index (χ0n) is 11.7. The fraction of sp³-hybridized carbons (Fsp3) is 0.500. The number of sulfonamides is 1. The summed E-state index contributed by atoms with van der Waals surface area (Å²) in [7, 11) is -3.78. The van der Waals surface area contributed by atoms with E-state index in [1.807, 2.05) is 0 Å². The summed E-state index contributed by atoms with van der Waals surface area (Å²) in [4.78, 5) is 14.1. The molecule has 0 spiro atoms. The van der Waals surface area contributed by atoms with Crippen LogP contribution in [-0.2, 0) is 10.0 Å².